The third-order valence-electron chi connectivity index (χ3n) is 2.04. The van der Waals surface area contributed by atoms with E-state index in [1.807, 2.05) is 30.3 Å². The number of thiophene rings is 1. The number of amidine groups is 1. The van der Waals surface area contributed by atoms with Crippen LogP contribution in [0, 0.1) is 5.41 Å². The van der Waals surface area contributed by atoms with E-state index in [1.165, 1.54) is 0 Å². The first kappa shape index (κ1) is 11.8. The molecule has 1 aromatic heterocycles. The number of halogens is 1. The van der Waals surface area contributed by atoms with Crippen LogP contribution in [0.1, 0.15) is 10.4 Å². The van der Waals surface area contributed by atoms with Gasteiger partial charge in [0.25, 0.3) is 0 Å². The van der Waals surface area contributed by atoms with Crippen LogP contribution in [0.15, 0.2) is 30.8 Å². The van der Waals surface area contributed by atoms with E-state index in [0.29, 0.717) is 0 Å². The average molecular weight is 239 g/mol. The second kappa shape index (κ2) is 4.47. The van der Waals surface area contributed by atoms with E-state index in [-0.39, 0.29) is 18.2 Å². The Morgan fingerprint density at radius 3 is 2.73 bits per heavy atom. The van der Waals surface area contributed by atoms with Crippen molar-refractivity contribution in [3.8, 4) is 0 Å². The molecule has 0 atom stereocenters. The molecule has 0 spiro atoms. The van der Waals surface area contributed by atoms with Crippen LogP contribution in [0.3, 0.4) is 0 Å². The number of nitrogen functional groups attached to an aromatic ring is 1. The molecule has 0 saturated carbocycles. The molecule has 0 saturated heterocycles. The van der Waals surface area contributed by atoms with Crippen molar-refractivity contribution in [2.45, 2.75) is 0 Å². The van der Waals surface area contributed by atoms with Gasteiger partial charge in [0.1, 0.15) is 5.84 Å². The van der Waals surface area contributed by atoms with Gasteiger partial charge in [-0.1, -0.05) is 18.7 Å². The van der Waals surface area contributed by atoms with E-state index in [2.05, 4.69) is 6.58 Å². The predicted octanol–water partition coefficient (Wildman–Crippen LogP) is 3.25. The molecule has 0 amide bonds. The summed E-state index contributed by atoms with van der Waals surface area (Å²) in [6.45, 7) is 3.72. The van der Waals surface area contributed by atoms with Crippen LogP contribution >= 0.6 is 23.7 Å². The Labute approximate surface area is 98.3 Å². The minimum atomic E-state index is 0. The van der Waals surface area contributed by atoms with Gasteiger partial charge in [-0.25, -0.2) is 0 Å². The average Bonchev–Trinajstić information content (AvgIpc) is 2.59. The van der Waals surface area contributed by atoms with E-state index in [1.54, 1.807) is 11.3 Å². The lowest BCUT2D eigenvalue weighted by atomic mass is 10.1. The molecule has 3 N–H and O–H groups in total. The molecule has 1 aromatic carbocycles. The first-order valence-electron chi connectivity index (χ1n) is 4.21. The molecule has 4 heteroatoms. The topological polar surface area (TPSA) is 49.9 Å². The maximum Gasteiger partial charge on any atom is 0.133 e. The highest BCUT2D eigenvalue weighted by atomic mass is 35.5. The second-order valence-electron chi connectivity index (χ2n) is 3.03. The van der Waals surface area contributed by atoms with Gasteiger partial charge in [-0.3, -0.25) is 5.41 Å². The molecule has 78 valence electrons. The third kappa shape index (κ3) is 2.19. The van der Waals surface area contributed by atoms with Crippen molar-refractivity contribution >= 4 is 45.7 Å². The van der Waals surface area contributed by atoms with Gasteiger partial charge in [-0.15, -0.1) is 23.7 Å². The normalized spacial score (nSPS) is 9.60. The monoisotopic (exact) mass is 238 g/mol. The molecule has 0 aliphatic heterocycles. The zero-order chi connectivity index (χ0) is 10.1. The molecule has 2 nitrogen and oxygen atoms in total. The Bertz CT molecular complexity index is 516. The molecule has 0 radical (unpaired) electrons. The van der Waals surface area contributed by atoms with Crippen LogP contribution in [-0.2, 0) is 0 Å². The van der Waals surface area contributed by atoms with Crippen LogP contribution in [0.4, 0.5) is 0 Å². The van der Waals surface area contributed by atoms with Crippen molar-refractivity contribution in [3.05, 3.63) is 41.3 Å². The molecule has 0 fully saturated rings. The maximum absolute atomic E-state index is 7.33. The molecule has 2 aromatic rings. The predicted molar refractivity (Wildman–Crippen MR) is 70.2 cm³/mol. The number of hydrogen-bond donors (Lipinski definition) is 2. The van der Waals surface area contributed by atoms with Crippen molar-refractivity contribution in [3.63, 3.8) is 0 Å². The van der Waals surface area contributed by atoms with Crippen molar-refractivity contribution in [2.24, 2.45) is 5.73 Å². The smallest absolute Gasteiger partial charge is 0.133 e. The van der Waals surface area contributed by atoms with Crippen LogP contribution < -0.4 is 5.73 Å². The fourth-order valence-electron chi connectivity index (χ4n) is 1.32. The van der Waals surface area contributed by atoms with Crippen molar-refractivity contribution in [1.29, 1.82) is 5.41 Å². The Kier molecular flexibility index (Phi) is 3.50. The molecular weight excluding hydrogens is 228 g/mol. The lowest BCUT2D eigenvalue weighted by Crippen LogP contribution is -2.08. The number of rotatable bonds is 2. The second-order valence-corrected chi connectivity index (χ2v) is 4.11. The van der Waals surface area contributed by atoms with Crippen LogP contribution in [0.2, 0.25) is 0 Å². The Morgan fingerprint density at radius 1 is 1.40 bits per heavy atom. The highest BCUT2D eigenvalue weighted by Crippen LogP contribution is 2.26. The van der Waals surface area contributed by atoms with Gasteiger partial charge in [0.05, 0.1) is 4.88 Å². The van der Waals surface area contributed by atoms with Gasteiger partial charge in [0, 0.05) is 4.70 Å². The van der Waals surface area contributed by atoms with Crippen molar-refractivity contribution < 1.29 is 0 Å². The number of nitrogens with two attached hydrogens (primary N) is 1. The molecule has 0 aliphatic rings. The molecule has 2 rings (SSSR count). The SMILES string of the molecule is C=Cc1ccc2sc(C(=N)N)cc2c1.Cl. The van der Waals surface area contributed by atoms with Gasteiger partial charge >= 0.3 is 0 Å². The van der Waals surface area contributed by atoms with Crippen LogP contribution in [0.25, 0.3) is 16.2 Å². The van der Waals surface area contributed by atoms with E-state index in [9.17, 15) is 0 Å². The van der Waals surface area contributed by atoms with Crippen molar-refractivity contribution in [1.82, 2.24) is 0 Å². The fourth-order valence-corrected chi connectivity index (χ4v) is 2.23. The third-order valence-corrected chi connectivity index (χ3v) is 3.19. The number of fused-ring (bicyclic) bond motifs is 1. The zero-order valence-electron chi connectivity index (χ0n) is 7.99. The number of nitrogens with one attached hydrogen (secondary N) is 1. The first-order chi connectivity index (χ1) is 6.70. The molecular formula is C11H11ClN2S. The Balaban J connectivity index is 0.00000112. The lowest BCUT2D eigenvalue weighted by Gasteiger charge is -1.91. The van der Waals surface area contributed by atoms with Gasteiger partial charge < -0.3 is 5.73 Å². The summed E-state index contributed by atoms with van der Waals surface area (Å²) in [4.78, 5) is 0.821. The van der Waals surface area contributed by atoms with Gasteiger partial charge in [0.2, 0.25) is 0 Å². The summed E-state index contributed by atoms with van der Waals surface area (Å²) >= 11 is 1.54. The molecule has 0 unspecified atom stereocenters. The summed E-state index contributed by atoms with van der Waals surface area (Å²) in [7, 11) is 0. The van der Waals surface area contributed by atoms with E-state index < -0.39 is 0 Å². The highest BCUT2D eigenvalue weighted by molar-refractivity contribution is 7.20. The first-order valence-corrected chi connectivity index (χ1v) is 5.03. The van der Waals surface area contributed by atoms with Crippen molar-refractivity contribution in [2.75, 3.05) is 0 Å². The van der Waals surface area contributed by atoms with Gasteiger partial charge in [-0.2, -0.15) is 0 Å². The largest absolute Gasteiger partial charge is 0.383 e. The summed E-state index contributed by atoms with van der Waals surface area (Å²) < 4.78 is 1.15. The summed E-state index contributed by atoms with van der Waals surface area (Å²) in [5.41, 5.74) is 6.51. The quantitative estimate of drug-likeness (QED) is 0.613. The maximum atomic E-state index is 7.33. The minimum Gasteiger partial charge on any atom is -0.383 e. The lowest BCUT2D eigenvalue weighted by molar-refractivity contribution is 1.46. The Morgan fingerprint density at radius 2 is 2.13 bits per heavy atom. The molecule has 0 aliphatic carbocycles. The highest BCUT2D eigenvalue weighted by Gasteiger charge is 2.03. The van der Waals surface area contributed by atoms with Gasteiger partial charge in [-0.05, 0) is 29.1 Å². The molecule has 15 heavy (non-hydrogen) atoms. The summed E-state index contributed by atoms with van der Waals surface area (Å²) in [6, 6.07) is 8.03. The van der Waals surface area contributed by atoms with E-state index in [4.69, 9.17) is 11.1 Å². The van der Waals surface area contributed by atoms with Gasteiger partial charge in [0.15, 0.2) is 0 Å². The van der Waals surface area contributed by atoms with E-state index in [0.717, 1.165) is 20.5 Å². The number of hydrogen-bond acceptors (Lipinski definition) is 2. The number of benzene rings is 1. The summed E-state index contributed by atoms with van der Waals surface area (Å²) in [5.74, 6) is 0.131. The summed E-state index contributed by atoms with van der Waals surface area (Å²) in [5, 5.41) is 8.46. The molecule has 0 bridgehead atoms. The van der Waals surface area contributed by atoms with Crippen LogP contribution in [0.5, 0.6) is 0 Å². The molecule has 1 heterocycles. The standard InChI is InChI=1S/C11H10N2S.ClH/c1-2-7-3-4-9-8(5-7)6-10(14-9)11(12)13;/h2-6H,1H2,(H3,12,13);1H. The minimum absolute atomic E-state index is 0. The fraction of sp³-hybridized carbons (Fsp3) is 0. The summed E-state index contributed by atoms with van der Waals surface area (Å²) in [6.07, 6.45) is 1.81. The Hall–Kier alpha value is -1.32. The van der Waals surface area contributed by atoms with E-state index >= 15 is 0 Å². The van der Waals surface area contributed by atoms with Crippen LogP contribution in [-0.4, -0.2) is 5.84 Å². The zero-order valence-corrected chi connectivity index (χ0v) is 9.62.